The molecule has 0 aliphatic carbocycles. The van der Waals surface area contributed by atoms with Crippen LogP contribution in [-0.2, 0) is 6.18 Å². The third-order valence-electron chi connectivity index (χ3n) is 3.07. The molecule has 0 N–H and O–H groups in total. The summed E-state index contributed by atoms with van der Waals surface area (Å²) < 4.78 is 37.1. The van der Waals surface area contributed by atoms with Crippen LogP contribution in [0.2, 0.25) is 0 Å². The maximum absolute atomic E-state index is 12.4. The predicted octanol–water partition coefficient (Wildman–Crippen LogP) is 3.84. The summed E-state index contributed by atoms with van der Waals surface area (Å²) in [5, 5.41) is 0.650. The molecule has 2 nitrogen and oxygen atoms in total. The Hall–Kier alpha value is -1.01. The zero-order valence-corrected chi connectivity index (χ0v) is 11.9. The quantitative estimate of drug-likeness (QED) is 0.467. The summed E-state index contributed by atoms with van der Waals surface area (Å²) in [6.07, 6.45) is 3.08. The Morgan fingerprint density at radius 1 is 1.25 bits per heavy atom. The van der Waals surface area contributed by atoms with Crippen LogP contribution in [0.3, 0.4) is 0 Å². The highest BCUT2D eigenvalue weighted by Gasteiger charge is 2.30. The molecule has 0 aromatic carbocycles. The first-order valence-electron chi connectivity index (χ1n) is 6.59. The number of nitrogens with zero attached hydrogens (tertiary/aromatic N) is 2. The third-order valence-corrected chi connectivity index (χ3v) is 4.10. The average molecular weight is 302 g/mol. The molecular formula is C14H17F3N2S. The first-order valence-corrected chi connectivity index (χ1v) is 7.58. The zero-order valence-electron chi connectivity index (χ0n) is 11.1. The summed E-state index contributed by atoms with van der Waals surface area (Å²) >= 11 is 1.51. The highest BCUT2D eigenvalue weighted by molar-refractivity contribution is 7.99. The molecule has 2 rings (SSSR count). The van der Waals surface area contributed by atoms with E-state index in [-0.39, 0.29) is 0 Å². The van der Waals surface area contributed by atoms with Crippen molar-refractivity contribution >= 4 is 11.8 Å². The second-order valence-corrected chi connectivity index (χ2v) is 5.76. The number of alkyl halides is 3. The first kappa shape index (κ1) is 15.4. The Bertz CT molecular complexity index is 443. The topological polar surface area (TPSA) is 16.1 Å². The monoisotopic (exact) mass is 302 g/mol. The standard InChI is InChI=1S/C14H17F3N2S/c15-14(16,17)12-5-6-13(18-11-12)20-10-4-9-19-7-2-1-3-8-19/h1-2,5-6,11H,3-4,7-10H2. The second-order valence-electron chi connectivity index (χ2n) is 4.65. The van der Waals surface area contributed by atoms with E-state index in [1.165, 1.54) is 17.8 Å². The number of hydrogen-bond donors (Lipinski definition) is 0. The van der Waals surface area contributed by atoms with Gasteiger partial charge < -0.3 is 0 Å². The van der Waals surface area contributed by atoms with Crippen molar-refractivity contribution in [2.24, 2.45) is 0 Å². The van der Waals surface area contributed by atoms with Gasteiger partial charge in [-0.1, -0.05) is 12.2 Å². The Kier molecular flexibility index (Phi) is 5.48. The number of hydrogen-bond acceptors (Lipinski definition) is 3. The summed E-state index contributed by atoms with van der Waals surface area (Å²) in [4.78, 5) is 6.22. The average Bonchev–Trinajstić information content (AvgIpc) is 2.44. The third kappa shape index (κ3) is 4.83. The molecule has 1 aliphatic heterocycles. The van der Waals surface area contributed by atoms with Gasteiger partial charge in [0.15, 0.2) is 0 Å². The van der Waals surface area contributed by atoms with E-state index >= 15 is 0 Å². The maximum atomic E-state index is 12.4. The molecule has 2 heterocycles. The van der Waals surface area contributed by atoms with Gasteiger partial charge in [0.2, 0.25) is 0 Å². The van der Waals surface area contributed by atoms with Gasteiger partial charge in [-0.15, -0.1) is 11.8 Å². The van der Waals surface area contributed by atoms with Crippen molar-refractivity contribution in [2.75, 3.05) is 25.4 Å². The van der Waals surface area contributed by atoms with Crippen molar-refractivity contribution in [2.45, 2.75) is 24.0 Å². The second kappa shape index (κ2) is 7.13. The van der Waals surface area contributed by atoms with E-state index in [9.17, 15) is 13.2 Å². The first-order chi connectivity index (χ1) is 9.55. The van der Waals surface area contributed by atoms with Crippen LogP contribution in [-0.4, -0.2) is 35.3 Å². The van der Waals surface area contributed by atoms with E-state index < -0.39 is 11.7 Å². The fourth-order valence-corrected chi connectivity index (χ4v) is 2.77. The lowest BCUT2D eigenvalue weighted by molar-refractivity contribution is -0.137. The Morgan fingerprint density at radius 3 is 2.70 bits per heavy atom. The highest BCUT2D eigenvalue weighted by atomic mass is 32.2. The Morgan fingerprint density at radius 2 is 2.10 bits per heavy atom. The van der Waals surface area contributed by atoms with Gasteiger partial charge in [-0.05, 0) is 31.5 Å². The molecule has 110 valence electrons. The summed E-state index contributed by atoms with van der Waals surface area (Å²) in [5.41, 5.74) is -0.693. The van der Waals surface area contributed by atoms with Crippen molar-refractivity contribution < 1.29 is 13.2 Å². The molecule has 0 spiro atoms. The van der Waals surface area contributed by atoms with E-state index in [1.54, 1.807) is 0 Å². The van der Waals surface area contributed by atoms with Crippen molar-refractivity contribution in [1.82, 2.24) is 9.88 Å². The molecule has 6 heteroatoms. The maximum Gasteiger partial charge on any atom is 0.417 e. The van der Waals surface area contributed by atoms with E-state index in [0.717, 1.165) is 50.5 Å². The van der Waals surface area contributed by atoms with Crippen LogP contribution in [0.5, 0.6) is 0 Å². The van der Waals surface area contributed by atoms with Crippen LogP contribution >= 0.6 is 11.8 Å². The molecule has 0 saturated heterocycles. The molecule has 0 fully saturated rings. The zero-order chi connectivity index (χ0) is 14.4. The molecule has 1 aromatic heterocycles. The van der Waals surface area contributed by atoms with Crippen LogP contribution < -0.4 is 0 Å². The van der Waals surface area contributed by atoms with Gasteiger partial charge in [0.1, 0.15) is 0 Å². The van der Waals surface area contributed by atoms with Crippen LogP contribution in [0.15, 0.2) is 35.5 Å². The number of thioether (sulfide) groups is 1. The van der Waals surface area contributed by atoms with Gasteiger partial charge in [-0.2, -0.15) is 13.2 Å². The molecule has 0 amide bonds. The lowest BCUT2D eigenvalue weighted by Gasteiger charge is -2.22. The van der Waals surface area contributed by atoms with Gasteiger partial charge in [0.25, 0.3) is 0 Å². The van der Waals surface area contributed by atoms with Gasteiger partial charge >= 0.3 is 6.18 Å². The van der Waals surface area contributed by atoms with E-state index in [2.05, 4.69) is 22.0 Å². The number of halogens is 3. The van der Waals surface area contributed by atoms with E-state index in [0.29, 0.717) is 5.03 Å². The highest BCUT2D eigenvalue weighted by Crippen LogP contribution is 2.29. The van der Waals surface area contributed by atoms with Crippen LogP contribution in [0.4, 0.5) is 13.2 Å². The lowest BCUT2D eigenvalue weighted by atomic mass is 10.2. The molecular weight excluding hydrogens is 285 g/mol. The SMILES string of the molecule is FC(F)(F)c1ccc(SCCCN2CC=CCC2)nc1. The van der Waals surface area contributed by atoms with Crippen molar-refractivity contribution in [3.8, 4) is 0 Å². The van der Waals surface area contributed by atoms with Gasteiger partial charge in [-0.25, -0.2) is 4.98 Å². The minimum absolute atomic E-state index is 0.650. The number of pyridine rings is 1. The molecule has 0 bridgehead atoms. The summed E-state index contributed by atoms with van der Waals surface area (Å²) in [7, 11) is 0. The van der Waals surface area contributed by atoms with E-state index in [4.69, 9.17) is 0 Å². The number of rotatable bonds is 5. The molecule has 1 aliphatic rings. The van der Waals surface area contributed by atoms with E-state index in [1.807, 2.05) is 0 Å². The lowest BCUT2D eigenvalue weighted by Crippen LogP contribution is -2.28. The van der Waals surface area contributed by atoms with Crippen LogP contribution in [0.1, 0.15) is 18.4 Å². The summed E-state index contributed by atoms with van der Waals surface area (Å²) in [5.74, 6) is 0.874. The normalized spacial score (nSPS) is 16.6. The van der Waals surface area contributed by atoms with Crippen LogP contribution in [0, 0.1) is 0 Å². The molecule has 0 radical (unpaired) electrons. The summed E-state index contributed by atoms with van der Waals surface area (Å²) in [6, 6.07) is 2.53. The fraction of sp³-hybridized carbons (Fsp3) is 0.500. The van der Waals surface area contributed by atoms with Crippen molar-refractivity contribution in [3.63, 3.8) is 0 Å². The summed E-state index contributed by atoms with van der Waals surface area (Å²) in [6.45, 7) is 3.13. The molecule has 1 aromatic rings. The Labute approximate surface area is 121 Å². The molecule has 0 atom stereocenters. The van der Waals surface area contributed by atoms with Gasteiger partial charge in [-0.3, -0.25) is 4.90 Å². The smallest absolute Gasteiger partial charge is 0.299 e. The molecule has 0 unspecified atom stereocenters. The molecule has 0 saturated carbocycles. The van der Waals surface area contributed by atoms with Crippen LogP contribution in [0.25, 0.3) is 0 Å². The minimum atomic E-state index is -4.31. The van der Waals surface area contributed by atoms with Gasteiger partial charge in [0.05, 0.1) is 10.6 Å². The molecule has 20 heavy (non-hydrogen) atoms. The van der Waals surface area contributed by atoms with Crippen molar-refractivity contribution in [3.05, 3.63) is 36.0 Å². The predicted molar refractivity (Wildman–Crippen MR) is 74.8 cm³/mol. The minimum Gasteiger partial charge on any atom is -0.299 e. The Balaban J connectivity index is 1.70. The fourth-order valence-electron chi connectivity index (χ4n) is 1.99. The van der Waals surface area contributed by atoms with Gasteiger partial charge in [0, 0.05) is 25.0 Å². The number of aromatic nitrogens is 1. The largest absolute Gasteiger partial charge is 0.417 e. The van der Waals surface area contributed by atoms with Crippen molar-refractivity contribution in [1.29, 1.82) is 0 Å².